The summed E-state index contributed by atoms with van der Waals surface area (Å²) in [7, 11) is 0. The van der Waals surface area contributed by atoms with E-state index in [0.29, 0.717) is 31.5 Å². The number of nitrogens with zero attached hydrogens (tertiary/aromatic N) is 1. The van der Waals surface area contributed by atoms with Gasteiger partial charge in [-0.05, 0) is 32.8 Å². The molecular weight excluding hydrogens is 265 g/mol. The zero-order chi connectivity index (χ0) is 14.0. The maximum Gasteiger partial charge on any atom is 0.233 e. The summed E-state index contributed by atoms with van der Waals surface area (Å²) in [5, 5.41) is 0.0936. The second-order valence-corrected chi connectivity index (χ2v) is 5.42. The van der Waals surface area contributed by atoms with E-state index in [1.165, 1.54) is 6.07 Å². The molecule has 0 atom stereocenters. The number of rotatable bonds is 4. The van der Waals surface area contributed by atoms with Crippen LogP contribution >= 0.6 is 11.6 Å². The quantitative estimate of drug-likeness (QED) is 0.824. The van der Waals surface area contributed by atoms with Gasteiger partial charge in [0.2, 0.25) is 5.91 Å². The molecule has 0 aromatic heterocycles. The van der Waals surface area contributed by atoms with E-state index in [9.17, 15) is 9.18 Å². The van der Waals surface area contributed by atoms with Crippen molar-refractivity contribution in [1.82, 2.24) is 4.90 Å². The van der Waals surface area contributed by atoms with Crippen molar-refractivity contribution in [2.24, 2.45) is 0 Å². The van der Waals surface area contributed by atoms with Crippen LogP contribution in [-0.2, 0) is 10.2 Å². The molecule has 19 heavy (non-hydrogen) atoms. The van der Waals surface area contributed by atoms with Crippen LogP contribution in [0.3, 0.4) is 0 Å². The van der Waals surface area contributed by atoms with E-state index < -0.39 is 11.2 Å². The molecule has 1 aliphatic rings. The Labute approximate surface area is 118 Å². The van der Waals surface area contributed by atoms with E-state index in [2.05, 4.69) is 0 Å². The fourth-order valence-electron chi connectivity index (χ4n) is 2.82. The maximum absolute atomic E-state index is 14.2. The molecule has 1 aromatic carbocycles. The number of carbonyl (C=O) groups excluding carboxylic acids is 1. The van der Waals surface area contributed by atoms with Gasteiger partial charge in [-0.1, -0.05) is 30.2 Å². The highest BCUT2D eigenvalue weighted by Gasteiger charge is 2.48. The van der Waals surface area contributed by atoms with Crippen LogP contribution in [0.4, 0.5) is 4.39 Å². The highest BCUT2D eigenvalue weighted by atomic mass is 35.5. The van der Waals surface area contributed by atoms with Crippen LogP contribution in [0.1, 0.15) is 38.7 Å². The fraction of sp³-hybridized carbons (Fsp3) is 0.533. The summed E-state index contributed by atoms with van der Waals surface area (Å²) < 4.78 is 14.2. The van der Waals surface area contributed by atoms with Crippen molar-refractivity contribution in [3.8, 4) is 0 Å². The number of halogens is 2. The summed E-state index contributed by atoms with van der Waals surface area (Å²) in [5.41, 5.74) is -0.232. The van der Waals surface area contributed by atoms with Gasteiger partial charge < -0.3 is 4.90 Å². The minimum atomic E-state index is -0.693. The summed E-state index contributed by atoms with van der Waals surface area (Å²) in [6.07, 6.45) is 2.37. The zero-order valence-corrected chi connectivity index (χ0v) is 12.1. The second-order valence-electron chi connectivity index (χ2n) is 5.01. The molecule has 0 heterocycles. The van der Waals surface area contributed by atoms with Crippen molar-refractivity contribution in [3.63, 3.8) is 0 Å². The van der Waals surface area contributed by atoms with Crippen molar-refractivity contribution in [3.05, 3.63) is 34.6 Å². The molecule has 104 valence electrons. The van der Waals surface area contributed by atoms with Gasteiger partial charge in [0, 0.05) is 18.7 Å². The van der Waals surface area contributed by atoms with Gasteiger partial charge in [0.05, 0.1) is 10.4 Å². The largest absolute Gasteiger partial charge is 0.342 e. The van der Waals surface area contributed by atoms with E-state index in [-0.39, 0.29) is 10.9 Å². The van der Waals surface area contributed by atoms with E-state index in [1.54, 1.807) is 17.0 Å². The Morgan fingerprint density at radius 3 is 2.47 bits per heavy atom. The molecule has 1 saturated carbocycles. The number of carbonyl (C=O) groups is 1. The predicted octanol–water partition coefficient (Wildman–Crippen LogP) is 3.77. The van der Waals surface area contributed by atoms with Crippen LogP contribution in [-0.4, -0.2) is 23.9 Å². The smallest absolute Gasteiger partial charge is 0.233 e. The van der Waals surface area contributed by atoms with Crippen molar-refractivity contribution < 1.29 is 9.18 Å². The summed E-state index contributed by atoms with van der Waals surface area (Å²) >= 11 is 5.85. The van der Waals surface area contributed by atoms with Crippen LogP contribution in [0, 0.1) is 5.82 Å². The lowest BCUT2D eigenvalue weighted by Crippen LogP contribution is -2.51. The molecule has 1 fully saturated rings. The monoisotopic (exact) mass is 283 g/mol. The van der Waals surface area contributed by atoms with Gasteiger partial charge in [-0.25, -0.2) is 4.39 Å². The van der Waals surface area contributed by atoms with Crippen molar-refractivity contribution in [2.75, 3.05) is 13.1 Å². The SMILES string of the molecule is CCN(CC)C(=O)C1(c2cccc(Cl)c2F)CCC1. The lowest BCUT2D eigenvalue weighted by atomic mass is 9.63. The van der Waals surface area contributed by atoms with Crippen molar-refractivity contribution in [2.45, 2.75) is 38.5 Å². The molecule has 4 heteroatoms. The first-order chi connectivity index (χ1) is 9.06. The molecule has 0 spiro atoms. The average molecular weight is 284 g/mol. The molecule has 0 saturated heterocycles. The molecule has 0 aliphatic heterocycles. The Hall–Kier alpha value is -1.09. The first-order valence-corrected chi connectivity index (χ1v) is 7.18. The minimum absolute atomic E-state index is 0.0323. The Bertz CT molecular complexity index is 481. The molecule has 0 bridgehead atoms. The molecule has 0 unspecified atom stereocenters. The van der Waals surface area contributed by atoms with Crippen LogP contribution in [0.25, 0.3) is 0 Å². The summed E-state index contributed by atoms with van der Waals surface area (Å²) in [6, 6.07) is 4.94. The van der Waals surface area contributed by atoms with Gasteiger partial charge in [-0.3, -0.25) is 4.79 Å². The molecule has 1 aliphatic carbocycles. The van der Waals surface area contributed by atoms with Crippen LogP contribution in [0.2, 0.25) is 5.02 Å². The summed E-state index contributed by atoms with van der Waals surface area (Å²) in [4.78, 5) is 14.5. The van der Waals surface area contributed by atoms with Gasteiger partial charge in [-0.15, -0.1) is 0 Å². The normalized spacial score (nSPS) is 16.8. The Balaban J connectivity index is 2.43. The second kappa shape index (κ2) is 5.49. The molecule has 1 aromatic rings. The Morgan fingerprint density at radius 2 is 2.00 bits per heavy atom. The maximum atomic E-state index is 14.2. The zero-order valence-electron chi connectivity index (χ0n) is 11.4. The van der Waals surface area contributed by atoms with Crippen molar-refractivity contribution >= 4 is 17.5 Å². The molecule has 0 N–H and O–H groups in total. The van der Waals surface area contributed by atoms with Crippen LogP contribution in [0.15, 0.2) is 18.2 Å². The number of hydrogen-bond donors (Lipinski definition) is 0. The molecule has 1 amide bonds. The van der Waals surface area contributed by atoms with Gasteiger partial charge in [0.1, 0.15) is 5.82 Å². The van der Waals surface area contributed by atoms with Gasteiger partial charge in [0.15, 0.2) is 0 Å². The third kappa shape index (κ3) is 2.25. The van der Waals surface area contributed by atoms with Crippen molar-refractivity contribution in [1.29, 1.82) is 0 Å². The predicted molar refractivity (Wildman–Crippen MR) is 74.9 cm³/mol. The number of amides is 1. The third-order valence-electron chi connectivity index (χ3n) is 4.13. The molecular formula is C15H19ClFNO. The van der Waals surface area contributed by atoms with E-state index >= 15 is 0 Å². The molecule has 2 rings (SSSR count). The fourth-order valence-corrected chi connectivity index (χ4v) is 2.99. The topological polar surface area (TPSA) is 20.3 Å². The molecule has 0 radical (unpaired) electrons. The van der Waals surface area contributed by atoms with Gasteiger partial charge >= 0.3 is 0 Å². The number of hydrogen-bond acceptors (Lipinski definition) is 1. The Morgan fingerprint density at radius 1 is 1.37 bits per heavy atom. The first-order valence-electron chi connectivity index (χ1n) is 6.80. The van der Waals surface area contributed by atoms with E-state index in [1.807, 2.05) is 13.8 Å². The average Bonchev–Trinajstić information content (AvgIpc) is 2.35. The lowest BCUT2D eigenvalue weighted by Gasteiger charge is -2.43. The standard InChI is InChI=1S/C15H19ClFNO/c1-3-18(4-2)14(19)15(9-6-10-15)11-7-5-8-12(16)13(11)17/h5,7-8H,3-4,6,9-10H2,1-2H3. The molecule has 2 nitrogen and oxygen atoms in total. The van der Waals surface area contributed by atoms with E-state index in [0.717, 1.165) is 6.42 Å². The minimum Gasteiger partial charge on any atom is -0.342 e. The third-order valence-corrected chi connectivity index (χ3v) is 4.43. The van der Waals surface area contributed by atoms with E-state index in [4.69, 9.17) is 11.6 Å². The summed E-state index contributed by atoms with van der Waals surface area (Å²) in [6.45, 7) is 5.20. The highest BCUT2D eigenvalue weighted by Crippen LogP contribution is 2.46. The van der Waals surface area contributed by atoms with Crippen LogP contribution in [0.5, 0.6) is 0 Å². The lowest BCUT2D eigenvalue weighted by molar-refractivity contribution is -0.140. The summed E-state index contributed by atoms with van der Waals surface area (Å²) in [5.74, 6) is -0.408. The first kappa shape index (κ1) is 14.3. The number of likely N-dealkylation sites (N-methyl/N-ethyl adjacent to an activating group) is 1. The highest BCUT2D eigenvalue weighted by molar-refractivity contribution is 6.30. The Kier molecular flexibility index (Phi) is 4.14. The number of benzene rings is 1. The van der Waals surface area contributed by atoms with Gasteiger partial charge in [-0.2, -0.15) is 0 Å². The van der Waals surface area contributed by atoms with Crippen LogP contribution < -0.4 is 0 Å². The van der Waals surface area contributed by atoms with Gasteiger partial charge in [0.25, 0.3) is 0 Å².